The third kappa shape index (κ3) is 14.7. The monoisotopic (exact) mass is 1530 g/mol. The normalized spacial score (nSPS) is 18.6. The Hall–Kier alpha value is -12.0. The number of allylic oxidation sites excluding steroid dienone is 6. The van der Waals surface area contributed by atoms with Crippen LogP contribution in [0.15, 0.2) is 185 Å². The Bertz CT molecular complexity index is 5910. The Kier molecular flexibility index (Phi) is 19.9. The van der Waals surface area contributed by atoms with Crippen LogP contribution in [0, 0.1) is 0 Å². The van der Waals surface area contributed by atoms with Crippen LogP contribution in [-0.2, 0) is 53.9 Å². The SMILES string of the molecule is CN1CCN(c2ccc(Nc3ncc4c(=O)n5n(c4n3)-c3cccc(n3)C(C)(C)OCCC/C=C/C5)cc2)CC1.CN1CCc2ccc(Nc3ncc4c(=O)n5n(c4n3)-c3cccc(n3)OCCCC=CC5)cc2C12CC2.CN1Cc2cc(Nc3ncc4c(=O)n5n(c4n3)-c3cccc(n3)OCCCC=CC5)ccc2C2(CC2)C1. The average molecular weight is 1530 g/mol. The number of piperazine rings is 1. The lowest BCUT2D eigenvalue weighted by molar-refractivity contribution is -0.0255. The maximum Gasteiger partial charge on any atom is 0.278 e. The highest BCUT2D eigenvalue weighted by molar-refractivity contribution is 5.80. The number of pyridine rings is 3. The molecule has 114 heavy (non-hydrogen) atoms. The fourth-order valence-corrected chi connectivity index (χ4v) is 16.6. The second kappa shape index (κ2) is 30.8. The van der Waals surface area contributed by atoms with Crippen molar-refractivity contribution in [2.24, 2.45) is 0 Å². The Labute approximate surface area is 659 Å². The first kappa shape index (κ1) is 73.5. The number of nitrogens with one attached hydrogen (secondary N) is 3. The predicted octanol–water partition coefficient (Wildman–Crippen LogP) is 11.9. The number of hydrogen-bond donors (Lipinski definition) is 3. The van der Waals surface area contributed by atoms with Crippen molar-refractivity contribution in [1.29, 1.82) is 0 Å². The Morgan fingerprint density at radius 3 is 1.47 bits per heavy atom. The quantitative estimate of drug-likeness (QED) is 0.125. The molecule has 12 aromatic rings. The van der Waals surface area contributed by atoms with Gasteiger partial charge in [0, 0.05) is 117 Å². The standard InChI is InChI=1S/C30H36N8O2.2C28H29N7O2/c1-30(2)25-9-8-10-26(33-25)38-27-24(28(39)37(38)15-6-4-5-7-20-40-30)21-31-29(34-27)32-22-11-13-23(14-12-22)36-18-16-35(3)17-19-36;1-33-15-11-19-9-10-20(17-22(19)28(33)12-13-28)30-27-29-18-21-25(32-27)35-23-7-6-8-24(31-23)37-16-5-3-2-4-14-34(35)26(21)36;1-33-17-19-15-20(9-10-22(19)28(18-33)11-12-28)30-27-29-16-21-25(32-27)35-23-7-6-8-24(31-23)37-14-5-3-2-4-13-34(35)26(21)36/h4,6,8-14,21H,5,7,15-20H2,1-3H3,(H,31,32,34);2,4,6-10,17-18H,3,5,11-16H2,1H3,(H,29,30,32);2,4,6-10,15-16H,3,5,11-14,17-18H2,1H3,(H,29,30,32)/b6-4+;;. The molecule has 3 N–H and O–H groups in total. The molecule has 2 saturated carbocycles. The summed E-state index contributed by atoms with van der Waals surface area (Å²) in [5.41, 5.74) is 11.5. The molecular formula is C86H94N22O6. The predicted molar refractivity (Wildman–Crippen MR) is 441 cm³/mol. The van der Waals surface area contributed by atoms with Crippen LogP contribution in [0.5, 0.6) is 11.8 Å². The van der Waals surface area contributed by atoms with E-state index in [0.29, 0.717) is 125 Å². The van der Waals surface area contributed by atoms with E-state index in [1.165, 1.54) is 53.6 Å². The molecular weight excluding hydrogens is 1440 g/mol. The van der Waals surface area contributed by atoms with Gasteiger partial charge in [-0.2, -0.15) is 24.9 Å². The molecule has 28 heteroatoms. The van der Waals surface area contributed by atoms with Gasteiger partial charge in [-0.15, -0.1) is 0 Å². The van der Waals surface area contributed by atoms with Crippen LogP contribution in [0.4, 0.5) is 40.6 Å². The smallest absolute Gasteiger partial charge is 0.278 e. The summed E-state index contributed by atoms with van der Waals surface area (Å²) in [7, 11) is 6.57. The van der Waals surface area contributed by atoms with Crippen LogP contribution in [0.3, 0.4) is 0 Å². The number of nitrogens with zero attached hydrogens (tertiary/aromatic N) is 19. The van der Waals surface area contributed by atoms with Crippen molar-refractivity contribution in [2.45, 2.75) is 127 Å². The average Bonchev–Trinajstić information content (AvgIpc) is 1.56. The molecule has 0 amide bonds. The van der Waals surface area contributed by atoms with Crippen LogP contribution in [0.25, 0.3) is 50.6 Å². The summed E-state index contributed by atoms with van der Waals surface area (Å²) in [6.07, 6.45) is 28.4. The molecule has 2 aliphatic carbocycles. The minimum Gasteiger partial charge on any atom is -0.478 e. The Morgan fingerprint density at radius 2 is 0.939 bits per heavy atom. The van der Waals surface area contributed by atoms with E-state index in [1.54, 1.807) is 46.7 Å². The summed E-state index contributed by atoms with van der Waals surface area (Å²) in [5.74, 6) is 4.12. The molecule has 28 nitrogen and oxygen atoms in total. The van der Waals surface area contributed by atoms with Gasteiger partial charge in [0.2, 0.25) is 29.6 Å². The zero-order chi connectivity index (χ0) is 77.7. The van der Waals surface area contributed by atoms with Gasteiger partial charge in [0.15, 0.2) is 34.4 Å². The fraction of sp³-hybridized carbons (Fsp3) is 0.372. The van der Waals surface area contributed by atoms with Crippen molar-refractivity contribution in [1.82, 2.24) is 87.6 Å². The number of likely N-dealkylation sites (N-methyl/N-ethyl adjacent to an activating group) is 3. The second-order valence-electron chi connectivity index (χ2n) is 31.4. The summed E-state index contributed by atoms with van der Waals surface area (Å²) < 4.78 is 28.2. The zero-order valence-electron chi connectivity index (χ0n) is 65.1. The van der Waals surface area contributed by atoms with E-state index in [-0.39, 0.29) is 22.2 Å². The van der Waals surface area contributed by atoms with E-state index >= 15 is 0 Å². The summed E-state index contributed by atoms with van der Waals surface area (Å²) in [4.78, 5) is 92.1. The molecule has 3 aromatic carbocycles. The molecule has 0 unspecified atom stereocenters. The first-order valence-corrected chi connectivity index (χ1v) is 39.9. The van der Waals surface area contributed by atoms with Gasteiger partial charge >= 0.3 is 0 Å². The van der Waals surface area contributed by atoms with Gasteiger partial charge in [-0.05, 0) is 201 Å². The van der Waals surface area contributed by atoms with Crippen molar-refractivity contribution in [3.05, 3.63) is 229 Å². The van der Waals surface area contributed by atoms with Crippen LogP contribution >= 0.6 is 0 Å². The highest BCUT2D eigenvalue weighted by Gasteiger charge is 2.51. The number of rotatable bonds is 7. The van der Waals surface area contributed by atoms with Gasteiger partial charge in [-0.3, -0.25) is 19.3 Å². The van der Waals surface area contributed by atoms with Crippen LogP contribution in [0.2, 0.25) is 0 Å². The first-order valence-electron chi connectivity index (χ1n) is 39.9. The van der Waals surface area contributed by atoms with Crippen molar-refractivity contribution < 1.29 is 14.2 Å². The van der Waals surface area contributed by atoms with E-state index in [1.807, 2.05) is 98.8 Å². The summed E-state index contributed by atoms with van der Waals surface area (Å²) in [5, 5.41) is 11.4. The molecule has 1 saturated heterocycles. The molecule has 3 fully saturated rings. The topological polar surface area (TPSA) is 274 Å². The lowest BCUT2D eigenvalue weighted by atomic mass is 9.87. The zero-order valence-corrected chi connectivity index (χ0v) is 65.1. The Morgan fingerprint density at radius 1 is 0.447 bits per heavy atom. The Balaban J connectivity index is 0.000000119. The first-order chi connectivity index (χ1) is 55.6. The van der Waals surface area contributed by atoms with Crippen LogP contribution in [0.1, 0.15) is 106 Å². The van der Waals surface area contributed by atoms with Crippen molar-refractivity contribution >= 4 is 73.7 Å². The summed E-state index contributed by atoms with van der Waals surface area (Å²) in [6.45, 7) is 14.4. The van der Waals surface area contributed by atoms with Crippen molar-refractivity contribution in [3.8, 4) is 29.2 Å². The third-order valence-electron chi connectivity index (χ3n) is 23.1. The van der Waals surface area contributed by atoms with E-state index < -0.39 is 5.60 Å². The van der Waals surface area contributed by atoms with Gasteiger partial charge in [-0.1, -0.05) is 66.8 Å². The second-order valence-corrected chi connectivity index (χ2v) is 31.4. The van der Waals surface area contributed by atoms with Gasteiger partial charge in [0.05, 0.1) is 38.5 Å². The highest BCUT2D eigenvalue weighted by atomic mass is 16.5. The number of aromatic nitrogens is 15. The van der Waals surface area contributed by atoms with E-state index in [9.17, 15) is 14.4 Å². The van der Waals surface area contributed by atoms with Crippen molar-refractivity contribution in [2.75, 3.05) is 101 Å². The van der Waals surface area contributed by atoms with Gasteiger partial charge in [0.25, 0.3) is 16.7 Å². The molecule has 6 bridgehead atoms. The summed E-state index contributed by atoms with van der Waals surface area (Å²) >= 11 is 0. The maximum absolute atomic E-state index is 13.5. The number of fused-ring (bicyclic) bond motifs is 22. The maximum atomic E-state index is 13.5. The fourth-order valence-electron chi connectivity index (χ4n) is 16.6. The molecule has 9 aromatic heterocycles. The lowest BCUT2D eigenvalue weighted by Crippen LogP contribution is -2.44. The third-order valence-corrected chi connectivity index (χ3v) is 23.1. The van der Waals surface area contributed by atoms with Gasteiger partial charge < -0.3 is 44.9 Å². The lowest BCUT2D eigenvalue weighted by Gasteiger charge is -2.35. The van der Waals surface area contributed by atoms with Crippen LogP contribution in [-0.4, -0.2) is 168 Å². The molecule has 20 rings (SSSR count). The van der Waals surface area contributed by atoms with Gasteiger partial charge in [-0.25, -0.2) is 48.0 Å². The minimum absolute atomic E-state index is 0.149. The molecule has 0 radical (unpaired) electrons. The van der Waals surface area contributed by atoms with Crippen LogP contribution < -0.4 is 47.0 Å². The molecule has 584 valence electrons. The van der Waals surface area contributed by atoms with E-state index in [2.05, 4.69) is 148 Å². The van der Waals surface area contributed by atoms with Crippen molar-refractivity contribution in [3.63, 3.8) is 0 Å². The highest BCUT2D eigenvalue weighted by Crippen LogP contribution is 2.54. The van der Waals surface area contributed by atoms with E-state index in [0.717, 1.165) is 114 Å². The number of anilines is 7. The minimum atomic E-state index is -0.570. The largest absolute Gasteiger partial charge is 0.478 e. The molecule has 6 aliphatic heterocycles. The summed E-state index contributed by atoms with van der Waals surface area (Å²) in [6, 6.07) is 38.4. The molecule has 0 atom stereocenters. The van der Waals surface area contributed by atoms with Gasteiger partial charge in [0.1, 0.15) is 21.8 Å². The molecule has 2 spiro atoms. The molecule has 8 aliphatic rings. The number of benzene rings is 3. The number of ether oxygens (including phenoxy) is 3. The number of hydrogen-bond acceptors (Lipinski definition) is 22. The van der Waals surface area contributed by atoms with E-state index in [4.69, 9.17) is 34.1 Å². The molecule has 15 heterocycles.